The summed E-state index contributed by atoms with van der Waals surface area (Å²) < 4.78 is 0. The summed E-state index contributed by atoms with van der Waals surface area (Å²) in [5.41, 5.74) is 3.39. The van der Waals surface area contributed by atoms with Gasteiger partial charge < -0.3 is 10.4 Å². The minimum Gasteiger partial charge on any atom is -0.508 e. The first-order valence-corrected chi connectivity index (χ1v) is 6.00. The van der Waals surface area contributed by atoms with Crippen LogP contribution in [0.1, 0.15) is 22.4 Å². The molecule has 1 aromatic carbocycles. The number of aromatic hydroxyl groups is 1. The molecule has 0 fully saturated rings. The van der Waals surface area contributed by atoms with Crippen molar-refractivity contribution >= 4 is 5.82 Å². The molecule has 0 atom stereocenters. The Morgan fingerprint density at radius 2 is 1.95 bits per heavy atom. The Morgan fingerprint density at radius 1 is 1.26 bits per heavy atom. The summed E-state index contributed by atoms with van der Waals surface area (Å²) in [7, 11) is 0. The maximum Gasteiger partial charge on any atom is 0.144 e. The number of anilines is 1. The average Bonchev–Trinajstić information content (AvgIpc) is 2.37. The third-order valence-electron chi connectivity index (χ3n) is 2.85. The third kappa shape index (κ3) is 3.02. The van der Waals surface area contributed by atoms with E-state index >= 15 is 0 Å². The number of rotatable bonds is 3. The molecule has 0 aliphatic rings. The lowest BCUT2D eigenvalue weighted by Crippen LogP contribution is -2.05. The van der Waals surface area contributed by atoms with Gasteiger partial charge in [-0.05, 0) is 43.2 Å². The van der Waals surface area contributed by atoms with Gasteiger partial charge in [0.1, 0.15) is 17.6 Å². The van der Waals surface area contributed by atoms with Gasteiger partial charge in [-0.25, -0.2) is 4.98 Å². The van der Waals surface area contributed by atoms with E-state index in [0.717, 1.165) is 16.8 Å². The first-order chi connectivity index (χ1) is 9.10. The Balaban J connectivity index is 2.20. The second kappa shape index (κ2) is 5.40. The molecule has 0 bridgehead atoms. The van der Waals surface area contributed by atoms with Gasteiger partial charge in [0.05, 0.1) is 5.56 Å². The quantitative estimate of drug-likeness (QED) is 0.882. The van der Waals surface area contributed by atoms with Gasteiger partial charge in [0.25, 0.3) is 0 Å². The number of nitrogens with zero attached hydrogens (tertiary/aromatic N) is 2. The first-order valence-electron chi connectivity index (χ1n) is 6.00. The molecule has 2 aromatic rings. The van der Waals surface area contributed by atoms with Gasteiger partial charge in [0.2, 0.25) is 0 Å². The summed E-state index contributed by atoms with van der Waals surface area (Å²) in [6.07, 6.45) is 0. The zero-order chi connectivity index (χ0) is 13.8. The summed E-state index contributed by atoms with van der Waals surface area (Å²) in [6.45, 7) is 4.36. The molecule has 0 amide bonds. The molecule has 4 nitrogen and oxygen atoms in total. The molecule has 4 heteroatoms. The van der Waals surface area contributed by atoms with Crippen LogP contribution in [0, 0.1) is 25.2 Å². The second-order valence-corrected chi connectivity index (χ2v) is 4.44. The molecule has 0 radical (unpaired) electrons. The number of hydrogen-bond donors (Lipinski definition) is 2. The summed E-state index contributed by atoms with van der Waals surface area (Å²) in [6, 6.07) is 11.0. The smallest absolute Gasteiger partial charge is 0.144 e. The largest absolute Gasteiger partial charge is 0.508 e. The summed E-state index contributed by atoms with van der Waals surface area (Å²) in [5, 5.41) is 21.5. The van der Waals surface area contributed by atoms with E-state index in [4.69, 9.17) is 5.26 Å². The molecular weight excluding hydrogens is 238 g/mol. The van der Waals surface area contributed by atoms with Gasteiger partial charge >= 0.3 is 0 Å². The Hall–Kier alpha value is -2.54. The predicted octanol–water partition coefficient (Wildman–Crippen LogP) is 2.89. The van der Waals surface area contributed by atoms with Crippen molar-refractivity contribution in [3.8, 4) is 11.8 Å². The van der Waals surface area contributed by atoms with E-state index in [9.17, 15) is 5.11 Å². The lowest BCUT2D eigenvalue weighted by molar-refractivity contribution is 0.475. The van der Waals surface area contributed by atoms with Crippen molar-refractivity contribution in [1.82, 2.24) is 4.98 Å². The van der Waals surface area contributed by atoms with Gasteiger partial charge in [-0.15, -0.1) is 0 Å². The maximum atomic E-state index is 9.22. The Labute approximate surface area is 112 Å². The van der Waals surface area contributed by atoms with Crippen LogP contribution < -0.4 is 5.32 Å². The number of aryl methyl sites for hydroxylation is 2. The minimum absolute atomic E-state index is 0.242. The topological polar surface area (TPSA) is 68.9 Å². The molecule has 2 rings (SSSR count). The molecule has 0 saturated carbocycles. The Morgan fingerprint density at radius 3 is 2.58 bits per heavy atom. The van der Waals surface area contributed by atoms with E-state index in [1.165, 1.54) is 0 Å². The maximum absolute atomic E-state index is 9.22. The van der Waals surface area contributed by atoms with Crippen LogP contribution >= 0.6 is 0 Å². The molecular formula is C15H15N3O. The highest BCUT2D eigenvalue weighted by atomic mass is 16.3. The number of pyridine rings is 1. The molecule has 1 aromatic heterocycles. The van der Waals surface area contributed by atoms with Crippen LogP contribution in [0.3, 0.4) is 0 Å². The number of aromatic nitrogens is 1. The van der Waals surface area contributed by atoms with Crippen molar-refractivity contribution < 1.29 is 5.11 Å². The van der Waals surface area contributed by atoms with E-state index < -0.39 is 0 Å². The average molecular weight is 253 g/mol. The van der Waals surface area contributed by atoms with Crippen LogP contribution in [0.5, 0.6) is 5.75 Å². The van der Waals surface area contributed by atoms with Crippen LogP contribution in [0.2, 0.25) is 0 Å². The highest BCUT2D eigenvalue weighted by Gasteiger charge is 2.07. The zero-order valence-electron chi connectivity index (χ0n) is 10.9. The summed E-state index contributed by atoms with van der Waals surface area (Å²) in [4.78, 5) is 4.35. The molecule has 0 saturated heterocycles. The van der Waals surface area contributed by atoms with Gasteiger partial charge in [-0.2, -0.15) is 5.26 Å². The Kier molecular flexibility index (Phi) is 3.67. The van der Waals surface area contributed by atoms with Crippen molar-refractivity contribution in [3.05, 3.63) is 52.7 Å². The molecule has 0 aliphatic carbocycles. The zero-order valence-corrected chi connectivity index (χ0v) is 10.9. The number of nitriles is 1. The summed E-state index contributed by atoms with van der Waals surface area (Å²) in [5.74, 6) is 0.846. The first kappa shape index (κ1) is 12.9. The van der Waals surface area contributed by atoms with E-state index in [0.29, 0.717) is 17.9 Å². The fourth-order valence-electron chi connectivity index (χ4n) is 1.91. The van der Waals surface area contributed by atoms with Crippen LogP contribution in [0.15, 0.2) is 30.3 Å². The van der Waals surface area contributed by atoms with Crippen molar-refractivity contribution in [2.24, 2.45) is 0 Å². The standard InChI is InChI=1S/C15H15N3O/c1-10-7-11(2)18-15(14(10)8-16)17-9-12-3-5-13(19)6-4-12/h3-7,19H,9H2,1-2H3,(H,17,18). The summed E-state index contributed by atoms with van der Waals surface area (Å²) >= 11 is 0. The van der Waals surface area contributed by atoms with Gasteiger partial charge in [-0.3, -0.25) is 0 Å². The normalized spacial score (nSPS) is 9.95. The molecule has 0 unspecified atom stereocenters. The SMILES string of the molecule is Cc1cc(C)c(C#N)c(NCc2ccc(O)cc2)n1. The van der Waals surface area contributed by atoms with Crippen LogP contribution in [0.4, 0.5) is 5.82 Å². The van der Waals surface area contributed by atoms with E-state index in [1.54, 1.807) is 12.1 Å². The molecule has 0 spiro atoms. The van der Waals surface area contributed by atoms with E-state index in [1.807, 2.05) is 32.0 Å². The lowest BCUT2D eigenvalue weighted by Gasteiger charge is -2.10. The molecule has 2 N–H and O–H groups in total. The second-order valence-electron chi connectivity index (χ2n) is 4.44. The van der Waals surface area contributed by atoms with E-state index in [2.05, 4.69) is 16.4 Å². The van der Waals surface area contributed by atoms with Crippen LogP contribution in [-0.4, -0.2) is 10.1 Å². The highest BCUT2D eigenvalue weighted by molar-refractivity contribution is 5.56. The van der Waals surface area contributed by atoms with Crippen molar-refractivity contribution in [2.45, 2.75) is 20.4 Å². The highest BCUT2D eigenvalue weighted by Crippen LogP contribution is 2.18. The Bertz CT molecular complexity index is 627. The molecule has 0 aliphatic heterocycles. The molecule has 19 heavy (non-hydrogen) atoms. The van der Waals surface area contributed by atoms with Crippen molar-refractivity contribution in [2.75, 3.05) is 5.32 Å². The number of benzene rings is 1. The monoisotopic (exact) mass is 253 g/mol. The molecule has 1 heterocycles. The fraction of sp³-hybridized carbons (Fsp3) is 0.200. The molecule has 96 valence electrons. The van der Waals surface area contributed by atoms with Gasteiger partial charge in [0, 0.05) is 12.2 Å². The number of phenols is 1. The fourth-order valence-corrected chi connectivity index (χ4v) is 1.91. The third-order valence-corrected chi connectivity index (χ3v) is 2.85. The number of nitrogens with one attached hydrogen (secondary N) is 1. The van der Waals surface area contributed by atoms with Crippen molar-refractivity contribution in [1.29, 1.82) is 5.26 Å². The minimum atomic E-state index is 0.242. The predicted molar refractivity (Wildman–Crippen MR) is 73.9 cm³/mol. The number of hydrogen-bond acceptors (Lipinski definition) is 4. The van der Waals surface area contributed by atoms with Gasteiger partial charge in [-0.1, -0.05) is 12.1 Å². The number of phenolic OH excluding ortho intramolecular Hbond substituents is 1. The van der Waals surface area contributed by atoms with Gasteiger partial charge in [0.15, 0.2) is 0 Å². The van der Waals surface area contributed by atoms with Crippen molar-refractivity contribution in [3.63, 3.8) is 0 Å². The van der Waals surface area contributed by atoms with Crippen LogP contribution in [0.25, 0.3) is 0 Å². The van der Waals surface area contributed by atoms with Crippen LogP contribution in [-0.2, 0) is 6.54 Å². The lowest BCUT2D eigenvalue weighted by atomic mass is 10.1. The van der Waals surface area contributed by atoms with E-state index in [-0.39, 0.29) is 5.75 Å².